The van der Waals surface area contributed by atoms with Crippen molar-refractivity contribution in [1.29, 1.82) is 5.26 Å². The van der Waals surface area contributed by atoms with Crippen LogP contribution in [-0.4, -0.2) is 11.7 Å². The van der Waals surface area contributed by atoms with Gasteiger partial charge in [-0.1, -0.05) is 23.7 Å². The first-order chi connectivity index (χ1) is 10.9. The molecule has 0 spiro atoms. The molecule has 2 N–H and O–H groups in total. The molecule has 120 valence electrons. The van der Waals surface area contributed by atoms with E-state index in [9.17, 15) is 13.9 Å². The molecule has 6 heteroatoms. The molecule has 0 saturated carbocycles. The zero-order valence-corrected chi connectivity index (χ0v) is 13.1. The van der Waals surface area contributed by atoms with Crippen LogP contribution < -0.4 is 5.32 Å². The van der Waals surface area contributed by atoms with Gasteiger partial charge in [-0.25, -0.2) is 8.78 Å². The van der Waals surface area contributed by atoms with Gasteiger partial charge in [-0.3, -0.25) is 0 Å². The molecule has 0 saturated heterocycles. The number of hydrogen-bond donors (Lipinski definition) is 2. The molecule has 0 fully saturated rings. The average molecular weight is 337 g/mol. The molecule has 2 aromatic carbocycles. The van der Waals surface area contributed by atoms with Gasteiger partial charge in [-0.15, -0.1) is 0 Å². The summed E-state index contributed by atoms with van der Waals surface area (Å²) in [6.07, 6.45) is -0.924. The Morgan fingerprint density at radius 3 is 2.43 bits per heavy atom. The molecule has 2 rings (SSSR count). The molecule has 0 aliphatic carbocycles. The third kappa shape index (κ3) is 4.26. The molecule has 0 aliphatic heterocycles. The number of nitriles is 1. The zero-order valence-electron chi connectivity index (χ0n) is 12.4. The van der Waals surface area contributed by atoms with Crippen molar-refractivity contribution in [2.45, 2.75) is 19.1 Å². The van der Waals surface area contributed by atoms with Gasteiger partial charge in [0, 0.05) is 12.6 Å². The molecular formula is C17H15ClF2N2O. The van der Waals surface area contributed by atoms with Crippen LogP contribution in [0.4, 0.5) is 8.78 Å². The Labute approximate surface area is 138 Å². The van der Waals surface area contributed by atoms with E-state index in [1.807, 2.05) is 0 Å². The van der Waals surface area contributed by atoms with E-state index in [-0.39, 0.29) is 23.2 Å². The second-order valence-corrected chi connectivity index (χ2v) is 5.58. The second kappa shape index (κ2) is 7.51. The van der Waals surface area contributed by atoms with Gasteiger partial charge in [0.15, 0.2) is 0 Å². The van der Waals surface area contributed by atoms with Crippen LogP contribution in [0.5, 0.6) is 0 Å². The lowest BCUT2D eigenvalue weighted by molar-refractivity contribution is 0.170. The van der Waals surface area contributed by atoms with Crippen molar-refractivity contribution in [1.82, 2.24) is 5.32 Å². The number of nitrogens with zero attached hydrogens (tertiary/aromatic N) is 1. The van der Waals surface area contributed by atoms with Crippen molar-refractivity contribution >= 4 is 11.6 Å². The fourth-order valence-electron chi connectivity index (χ4n) is 2.14. The zero-order chi connectivity index (χ0) is 17.0. The lowest BCUT2D eigenvalue weighted by atomic mass is 10.0. The summed E-state index contributed by atoms with van der Waals surface area (Å²) in [5.74, 6) is -1.18. The number of aliphatic hydroxyl groups excluding tert-OH is 1. The van der Waals surface area contributed by atoms with Crippen LogP contribution in [0.25, 0.3) is 0 Å². The third-order valence-electron chi connectivity index (χ3n) is 3.56. The van der Waals surface area contributed by atoms with Crippen molar-refractivity contribution < 1.29 is 13.9 Å². The van der Waals surface area contributed by atoms with E-state index < -0.39 is 17.7 Å². The van der Waals surface area contributed by atoms with Crippen LogP contribution in [0, 0.1) is 23.0 Å². The molecule has 2 aromatic rings. The summed E-state index contributed by atoms with van der Waals surface area (Å²) in [4.78, 5) is 0. The topological polar surface area (TPSA) is 56.0 Å². The smallest absolute Gasteiger partial charge is 0.142 e. The third-order valence-corrected chi connectivity index (χ3v) is 3.87. The Morgan fingerprint density at radius 1 is 1.17 bits per heavy atom. The van der Waals surface area contributed by atoms with Crippen LogP contribution in [0.1, 0.15) is 35.8 Å². The Hall–Kier alpha value is -2.00. The van der Waals surface area contributed by atoms with Crippen molar-refractivity contribution in [3.05, 3.63) is 69.7 Å². The number of rotatable bonds is 5. The first-order valence-electron chi connectivity index (χ1n) is 6.98. The van der Waals surface area contributed by atoms with Crippen LogP contribution in [0.2, 0.25) is 5.02 Å². The van der Waals surface area contributed by atoms with E-state index in [1.165, 1.54) is 24.3 Å². The SMILES string of the molecule is CC(NCC(O)c1ccc(Cl)c(F)c1)c1ccc(C#N)c(F)c1. The van der Waals surface area contributed by atoms with Crippen molar-refractivity contribution in [3.8, 4) is 6.07 Å². The molecule has 0 amide bonds. The van der Waals surface area contributed by atoms with E-state index >= 15 is 0 Å². The minimum Gasteiger partial charge on any atom is -0.387 e. The molecule has 23 heavy (non-hydrogen) atoms. The average Bonchev–Trinajstić information content (AvgIpc) is 2.54. The first kappa shape index (κ1) is 17.4. The van der Waals surface area contributed by atoms with E-state index in [0.717, 1.165) is 0 Å². The number of halogens is 3. The summed E-state index contributed by atoms with van der Waals surface area (Å²) in [5, 5.41) is 21.8. The predicted molar refractivity (Wildman–Crippen MR) is 83.9 cm³/mol. The van der Waals surface area contributed by atoms with Crippen molar-refractivity contribution in [3.63, 3.8) is 0 Å². The molecule has 0 heterocycles. The van der Waals surface area contributed by atoms with Gasteiger partial charge in [0.2, 0.25) is 0 Å². The number of aliphatic hydroxyl groups is 1. The molecule has 2 unspecified atom stereocenters. The maximum Gasteiger partial charge on any atom is 0.142 e. The highest BCUT2D eigenvalue weighted by Crippen LogP contribution is 2.21. The molecule has 2 atom stereocenters. The van der Waals surface area contributed by atoms with E-state index in [2.05, 4.69) is 5.32 Å². The lowest BCUT2D eigenvalue weighted by Gasteiger charge is -2.18. The predicted octanol–water partition coefficient (Wildman–Crippen LogP) is 3.87. The maximum absolute atomic E-state index is 13.6. The summed E-state index contributed by atoms with van der Waals surface area (Å²) in [7, 11) is 0. The van der Waals surface area contributed by atoms with Crippen molar-refractivity contribution in [2.75, 3.05) is 6.54 Å². The standard InChI is InChI=1S/C17H15ClF2N2O/c1-10(11-2-3-13(8-21)15(19)6-11)22-9-17(23)12-4-5-14(18)16(20)7-12/h2-7,10,17,22-23H,9H2,1H3. The summed E-state index contributed by atoms with van der Waals surface area (Å²) < 4.78 is 27.0. The van der Waals surface area contributed by atoms with E-state index in [4.69, 9.17) is 16.9 Å². The van der Waals surface area contributed by atoms with Crippen molar-refractivity contribution in [2.24, 2.45) is 0 Å². The monoisotopic (exact) mass is 336 g/mol. The fourth-order valence-corrected chi connectivity index (χ4v) is 2.25. The highest BCUT2D eigenvalue weighted by atomic mass is 35.5. The van der Waals surface area contributed by atoms with Gasteiger partial charge in [0.05, 0.1) is 16.7 Å². The van der Waals surface area contributed by atoms with Crippen LogP contribution >= 0.6 is 11.6 Å². The van der Waals surface area contributed by atoms with Gasteiger partial charge in [-0.2, -0.15) is 5.26 Å². The Kier molecular flexibility index (Phi) is 5.67. The number of benzene rings is 2. The summed E-state index contributed by atoms with van der Waals surface area (Å²) in [6.45, 7) is 1.96. The Bertz CT molecular complexity index is 746. The molecule has 3 nitrogen and oxygen atoms in total. The van der Waals surface area contributed by atoms with Crippen LogP contribution in [-0.2, 0) is 0 Å². The van der Waals surface area contributed by atoms with Gasteiger partial charge in [0.1, 0.15) is 17.7 Å². The normalized spacial score (nSPS) is 13.4. The number of hydrogen-bond acceptors (Lipinski definition) is 3. The summed E-state index contributed by atoms with van der Waals surface area (Å²) in [5.41, 5.74) is 1.03. The first-order valence-corrected chi connectivity index (χ1v) is 7.36. The largest absolute Gasteiger partial charge is 0.387 e. The minimum atomic E-state index is -0.924. The fraction of sp³-hybridized carbons (Fsp3) is 0.235. The number of nitrogens with one attached hydrogen (secondary N) is 1. The minimum absolute atomic E-state index is 0.00432. The second-order valence-electron chi connectivity index (χ2n) is 5.17. The van der Waals surface area contributed by atoms with Gasteiger partial charge < -0.3 is 10.4 Å². The molecule has 0 aromatic heterocycles. The quantitative estimate of drug-likeness (QED) is 0.871. The summed E-state index contributed by atoms with van der Waals surface area (Å²) >= 11 is 5.60. The summed E-state index contributed by atoms with van der Waals surface area (Å²) in [6, 6.07) is 9.96. The Balaban J connectivity index is 2.00. The molecule has 0 aliphatic rings. The highest BCUT2D eigenvalue weighted by Gasteiger charge is 2.13. The van der Waals surface area contributed by atoms with Gasteiger partial charge >= 0.3 is 0 Å². The van der Waals surface area contributed by atoms with Crippen LogP contribution in [0.15, 0.2) is 36.4 Å². The molecule has 0 bridgehead atoms. The van der Waals surface area contributed by atoms with E-state index in [0.29, 0.717) is 11.1 Å². The highest BCUT2D eigenvalue weighted by molar-refractivity contribution is 6.30. The lowest BCUT2D eigenvalue weighted by Crippen LogP contribution is -2.24. The van der Waals surface area contributed by atoms with Gasteiger partial charge in [-0.05, 0) is 42.3 Å². The van der Waals surface area contributed by atoms with Crippen LogP contribution in [0.3, 0.4) is 0 Å². The molecular weight excluding hydrogens is 322 g/mol. The Morgan fingerprint density at radius 2 is 1.83 bits per heavy atom. The molecule has 0 radical (unpaired) electrons. The maximum atomic E-state index is 13.6. The van der Waals surface area contributed by atoms with E-state index in [1.54, 1.807) is 25.1 Å². The van der Waals surface area contributed by atoms with Gasteiger partial charge in [0.25, 0.3) is 0 Å².